The van der Waals surface area contributed by atoms with Gasteiger partial charge in [0.1, 0.15) is 5.82 Å². The average Bonchev–Trinajstić information content (AvgIpc) is 2.81. The third-order valence-electron chi connectivity index (χ3n) is 5.63. The van der Waals surface area contributed by atoms with Gasteiger partial charge in [-0.25, -0.2) is 4.98 Å². The Balaban J connectivity index is 1.59. The molecule has 2 aromatic carbocycles. The fourth-order valence-electron chi connectivity index (χ4n) is 3.69. The topological polar surface area (TPSA) is 69.6 Å². The first-order chi connectivity index (χ1) is 15.1. The lowest BCUT2D eigenvalue weighted by atomic mass is 9.98. The fourth-order valence-corrected chi connectivity index (χ4v) is 3.69. The second kappa shape index (κ2) is 9.10. The summed E-state index contributed by atoms with van der Waals surface area (Å²) in [5.74, 6) is 0.363. The molecule has 0 unspecified atom stereocenters. The minimum absolute atomic E-state index is 0.158. The Kier molecular flexibility index (Phi) is 6.09. The van der Waals surface area contributed by atoms with Crippen molar-refractivity contribution >= 4 is 34.9 Å². The van der Waals surface area contributed by atoms with E-state index in [1.807, 2.05) is 49.6 Å². The summed E-state index contributed by atoms with van der Waals surface area (Å²) in [4.78, 5) is 23.4. The van der Waals surface area contributed by atoms with Crippen LogP contribution in [0.15, 0.2) is 59.9 Å². The molecule has 0 bridgehead atoms. The predicted octanol–water partition coefficient (Wildman–Crippen LogP) is 4.08. The summed E-state index contributed by atoms with van der Waals surface area (Å²) in [6, 6.07) is 13.8. The quantitative estimate of drug-likeness (QED) is 0.598. The SMILES string of the molecule is C=N/C(=C\N(C)CC)c1ccc2cnc(NC(=O)c3ccc4c(c3)CNCC4)cc2c1. The van der Waals surface area contributed by atoms with Gasteiger partial charge in [0.25, 0.3) is 5.91 Å². The molecule has 0 aliphatic carbocycles. The number of aliphatic imine (C=N–C) groups is 1. The van der Waals surface area contributed by atoms with E-state index in [4.69, 9.17) is 0 Å². The molecule has 4 rings (SSSR count). The molecule has 0 spiro atoms. The van der Waals surface area contributed by atoms with E-state index in [0.717, 1.165) is 48.1 Å². The monoisotopic (exact) mass is 413 g/mol. The van der Waals surface area contributed by atoms with Crippen LogP contribution < -0.4 is 10.6 Å². The Bertz CT molecular complexity index is 1170. The number of benzene rings is 2. The number of carbonyl (C=O) groups excluding carboxylic acids is 1. The van der Waals surface area contributed by atoms with Crippen LogP contribution in [0.2, 0.25) is 0 Å². The number of anilines is 1. The normalized spacial score (nSPS) is 13.5. The predicted molar refractivity (Wildman–Crippen MR) is 127 cm³/mol. The second-order valence-electron chi connectivity index (χ2n) is 7.74. The number of carbonyl (C=O) groups is 1. The van der Waals surface area contributed by atoms with Gasteiger partial charge in [0.05, 0.1) is 5.70 Å². The largest absolute Gasteiger partial charge is 0.379 e. The first kappa shape index (κ1) is 20.8. The number of fused-ring (bicyclic) bond motifs is 2. The molecule has 0 saturated carbocycles. The average molecular weight is 414 g/mol. The molecule has 2 heterocycles. The van der Waals surface area contributed by atoms with E-state index in [1.165, 1.54) is 11.1 Å². The van der Waals surface area contributed by atoms with Crippen molar-refractivity contribution in [3.8, 4) is 0 Å². The van der Waals surface area contributed by atoms with Crippen molar-refractivity contribution in [3.05, 3.63) is 77.1 Å². The van der Waals surface area contributed by atoms with Gasteiger partial charge in [0.15, 0.2) is 0 Å². The minimum atomic E-state index is -0.158. The molecule has 1 aliphatic heterocycles. The maximum Gasteiger partial charge on any atom is 0.256 e. The number of rotatable bonds is 6. The molecular formula is C25H27N5O. The van der Waals surface area contributed by atoms with E-state index in [-0.39, 0.29) is 5.91 Å². The van der Waals surface area contributed by atoms with Crippen LogP contribution >= 0.6 is 0 Å². The zero-order valence-corrected chi connectivity index (χ0v) is 18.0. The zero-order valence-electron chi connectivity index (χ0n) is 18.0. The van der Waals surface area contributed by atoms with Gasteiger partial charge in [-0.2, -0.15) is 0 Å². The summed E-state index contributed by atoms with van der Waals surface area (Å²) in [5, 5.41) is 8.25. The summed E-state index contributed by atoms with van der Waals surface area (Å²) in [6.07, 6.45) is 4.74. The first-order valence-electron chi connectivity index (χ1n) is 10.5. The van der Waals surface area contributed by atoms with Crippen molar-refractivity contribution in [2.45, 2.75) is 19.9 Å². The van der Waals surface area contributed by atoms with E-state index < -0.39 is 0 Å². The Hall–Kier alpha value is -3.51. The van der Waals surface area contributed by atoms with Crippen LogP contribution in [0.4, 0.5) is 5.82 Å². The van der Waals surface area contributed by atoms with Crippen molar-refractivity contribution in [2.24, 2.45) is 4.99 Å². The summed E-state index contributed by atoms with van der Waals surface area (Å²) < 4.78 is 0. The first-order valence-corrected chi connectivity index (χ1v) is 10.5. The smallest absolute Gasteiger partial charge is 0.256 e. The molecule has 1 aromatic heterocycles. The molecule has 31 heavy (non-hydrogen) atoms. The highest BCUT2D eigenvalue weighted by Gasteiger charge is 2.13. The number of hydrogen-bond acceptors (Lipinski definition) is 5. The maximum absolute atomic E-state index is 12.8. The van der Waals surface area contributed by atoms with E-state index in [0.29, 0.717) is 11.4 Å². The number of nitrogens with one attached hydrogen (secondary N) is 2. The maximum atomic E-state index is 12.8. The Morgan fingerprint density at radius 2 is 2.03 bits per heavy atom. The third kappa shape index (κ3) is 4.64. The van der Waals surface area contributed by atoms with Gasteiger partial charge in [0.2, 0.25) is 0 Å². The van der Waals surface area contributed by atoms with Gasteiger partial charge in [-0.05, 0) is 67.4 Å². The lowest BCUT2D eigenvalue weighted by molar-refractivity contribution is 0.102. The van der Waals surface area contributed by atoms with Crippen molar-refractivity contribution in [1.82, 2.24) is 15.2 Å². The van der Waals surface area contributed by atoms with Gasteiger partial charge in [0, 0.05) is 49.0 Å². The van der Waals surface area contributed by atoms with Crippen LogP contribution in [0.25, 0.3) is 16.5 Å². The molecule has 3 aromatic rings. The number of aromatic nitrogens is 1. The van der Waals surface area contributed by atoms with E-state index in [2.05, 4.69) is 45.2 Å². The van der Waals surface area contributed by atoms with Crippen LogP contribution in [-0.2, 0) is 13.0 Å². The molecule has 1 aliphatic rings. The van der Waals surface area contributed by atoms with E-state index in [1.54, 1.807) is 6.20 Å². The standard InChI is InChI=1S/C25H27N5O/c1-4-30(3)16-23(26-2)18-6-8-20-15-28-24(13-21(20)11-18)29-25(31)19-7-5-17-9-10-27-14-22(17)12-19/h5-8,11-13,15-16,27H,2,4,9-10,14H2,1,3H3,(H,28,29,31)/b23-16-. The molecule has 0 atom stereocenters. The highest BCUT2D eigenvalue weighted by Crippen LogP contribution is 2.24. The molecule has 0 radical (unpaired) electrons. The Morgan fingerprint density at radius 3 is 2.84 bits per heavy atom. The summed E-state index contributed by atoms with van der Waals surface area (Å²) >= 11 is 0. The van der Waals surface area contributed by atoms with E-state index >= 15 is 0 Å². The molecule has 2 N–H and O–H groups in total. The molecule has 6 nitrogen and oxygen atoms in total. The molecule has 1 amide bonds. The van der Waals surface area contributed by atoms with Crippen molar-refractivity contribution < 1.29 is 4.79 Å². The van der Waals surface area contributed by atoms with Gasteiger partial charge in [-0.1, -0.05) is 18.2 Å². The van der Waals surface area contributed by atoms with Crippen LogP contribution in [0.3, 0.4) is 0 Å². The fraction of sp³-hybridized carbons (Fsp3) is 0.240. The summed E-state index contributed by atoms with van der Waals surface area (Å²) in [6.45, 7) is 8.45. The second-order valence-corrected chi connectivity index (χ2v) is 7.74. The van der Waals surface area contributed by atoms with Crippen LogP contribution in [0.1, 0.15) is 34.0 Å². The molecular weight excluding hydrogens is 386 g/mol. The van der Waals surface area contributed by atoms with Crippen LogP contribution in [0, 0.1) is 0 Å². The molecule has 158 valence electrons. The number of nitrogens with zero attached hydrogens (tertiary/aromatic N) is 3. The Morgan fingerprint density at radius 1 is 1.19 bits per heavy atom. The number of amides is 1. The van der Waals surface area contributed by atoms with Crippen LogP contribution in [0.5, 0.6) is 0 Å². The minimum Gasteiger partial charge on any atom is -0.379 e. The van der Waals surface area contributed by atoms with Gasteiger partial charge in [-0.15, -0.1) is 0 Å². The third-order valence-corrected chi connectivity index (χ3v) is 5.63. The molecule has 0 saturated heterocycles. The highest BCUT2D eigenvalue weighted by molar-refractivity contribution is 6.04. The van der Waals surface area contributed by atoms with Crippen molar-refractivity contribution in [2.75, 3.05) is 25.5 Å². The van der Waals surface area contributed by atoms with Gasteiger partial charge in [-0.3, -0.25) is 9.79 Å². The van der Waals surface area contributed by atoms with Crippen molar-refractivity contribution in [3.63, 3.8) is 0 Å². The van der Waals surface area contributed by atoms with Gasteiger partial charge < -0.3 is 15.5 Å². The highest BCUT2D eigenvalue weighted by atomic mass is 16.1. The van der Waals surface area contributed by atoms with E-state index in [9.17, 15) is 4.79 Å². The van der Waals surface area contributed by atoms with Crippen LogP contribution in [-0.4, -0.2) is 42.6 Å². The lowest BCUT2D eigenvalue weighted by Crippen LogP contribution is -2.24. The summed E-state index contributed by atoms with van der Waals surface area (Å²) in [5.41, 5.74) is 4.90. The molecule has 0 fully saturated rings. The summed E-state index contributed by atoms with van der Waals surface area (Å²) in [7, 11) is 2.00. The molecule has 6 heteroatoms. The number of pyridine rings is 1. The lowest BCUT2D eigenvalue weighted by Gasteiger charge is -2.17. The number of hydrogen-bond donors (Lipinski definition) is 2. The zero-order chi connectivity index (χ0) is 21.8. The van der Waals surface area contributed by atoms with Gasteiger partial charge >= 0.3 is 0 Å². The Labute approximate surface area is 182 Å². The van der Waals surface area contributed by atoms with Crippen molar-refractivity contribution in [1.29, 1.82) is 0 Å².